The highest BCUT2D eigenvalue weighted by atomic mass is 79.9. The van der Waals surface area contributed by atoms with Crippen molar-refractivity contribution < 1.29 is 86.8 Å². The number of halogens is 5. The number of aromatic carboxylic acids is 1. The van der Waals surface area contributed by atoms with E-state index in [0.29, 0.717) is 56.3 Å². The highest BCUT2D eigenvalue weighted by Crippen LogP contribution is 2.44. The van der Waals surface area contributed by atoms with Crippen molar-refractivity contribution in [2.75, 3.05) is 37.0 Å². The lowest BCUT2D eigenvalue weighted by Crippen LogP contribution is -2.43. The lowest BCUT2D eigenvalue weighted by molar-refractivity contribution is -0.390. The number of hydrogen-bond donors (Lipinski definition) is 7. The Bertz CT molecular complexity index is 7620. The van der Waals surface area contributed by atoms with E-state index in [1.807, 2.05) is 204 Å². The second-order valence-electron chi connectivity index (χ2n) is 37.0. The molecular weight excluding hydrogens is 2010 g/mol. The molecule has 41 nitrogen and oxygen atoms in total. The monoisotopic (exact) mass is 2120 g/mol. The van der Waals surface area contributed by atoms with Gasteiger partial charge >= 0.3 is 38.7 Å². The van der Waals surface area contributed by atoms with Crippen LogP contribution in [0.1, 0.15) is 151 Å². The number of piperazine rings is 1. The third kappa shape index (κ3) is 27.1. The van der Waals surface area contributed by atoms with Crippen LogP contribution in [-0.2, 0) is 65.8 Å². The molecule has 20 rings (SSSR count). The lowest BCUT2D eigenvalue weighted by Gasteiger charge is -2.32. The average Bonchev–Trinajstić information content (AvgIpc) is 1.20. The van der Waals surface area contributed by atoms with E-state index in [9.17, 15) is 68.3 Å². The molecule has 4 fully saturated rings. The Morgan fingerprint density at radius 1 is 0.469 bits per heavy atom. The van der Waals surface area contributed by atoms with Crippen molar-refractivity contribution in [2.45, 2.75) is 184 Å². The number of nitro groups is 2. The van der Waals surface area contributed by atoms with E-state index < -0.39 is 65.5 Å². The SMILES string of the molecule is CC(=O)CCl.CC1(C)OB(B2OC(C)(C)C(C)(C)O2)OC1(C)C.Cc1cn2cc(-c3cc(=O)n4cc(F)ccc4n3)cc(CO)c2n1.Cc1cn2cc(-c3cc(=O)n4cc(N5CCNCC5)ccc4n3)cc(CO)c2n1.Cc1cn2cc(B3OC(C)(C)C(C)(C)O3)cc(CO)c2n1.Cc1cn2cc(Br)cc(CO)c2n1.O=C(O)c1cccnc1[N+](=O)[O-].O=[N+]([O-])c1ncccc1CO.O=c1cc(Cl)nc2ccc(F)cn12.[B]. The van der Waals surface area contributed by atoms with Gasteiger partial charge in [-0.1, -0.05) is 17.7 Å². The van der Waals surface area contributed by atoms with Crippen LogP contribution < -0.4 is 32.4 Å². The van der Waals surface area contributed by atoms with Gasteiger partial charge in [-0.15, -0.1) is 11.6 Å². The Balaban J connectivity index is 0.000000162. The Morgan fingerprint density at radius 3 is 1.22 bits per heavy atom. The van der Waals surface area contributed by atoms with Crippen molar-refractivity contribution in [3.8, 4) is 22.5 Å². The quantitative estimate of drug-likeness (QED) is 0.0175. The van der Waals surface area contributed by atoms with Crippen molar-refractivity contribution in [3.05, 3.63) is 312 Å². The van der Waals surface area contributed by atoms with Gasteiger partial charge in [-0.05, 0) is 238 Å². The summed E-state index contributed by atoms with van der Waals surface area (Å²) in [6.07, 6.45) is 21.7. The van der Waals surface area contributed by atoms with E-state index in [0.717, 1.165) is 126 Å². The first kappa shape index (κ1) is 114. The molecule has 0 aliphatic carbocycles. The maximum atomic E-state index is 13.3. The van der Waals surface area contributed by atoms with Crippen molar-refractivity contribution in [2.24, 2.45) is 0 Å². The molecule has 0 spiro atoms. The molecule has 16 aromatic heterocycles. The third-order valence-electron chi connectivity index (χ3n) is 24.5. The number of pyridine rings is 9. The number of anilines is 1. The molecule has 50 heteroatoms. The zero-order valence-electron chi connectivity index (χ0n) is 83.4. The van der Waals surface area contributed by atoms with Gasteiger partial charge < -0.3 is 107 Å². The fourth-order valence-electron chi connectivity index (χ4n) is 15.1. The van der Waals surface area contributed by atoms with Crippen LogP contribution in [0, 0.1) is 59.6 Å². The van der Waals surface area contributed by atoms with Crippen molar-refractivity contribution >= 4 is 143 Å². The number of aromatic nitrogens is 16. The topological polar surface area (TPSA) is 511 Å². The molecule has 20 heterocycles. The second-order valence-corrected chi connectivity index (χ2v) is 38.5. The van der Waals surface area contributed by atoms with E-state index in [1.165, 1.54) is 61.8 Å². The molecule has 0 amide bonds. The number of carbonyl (C=O) groups is 2. The number of fused-ring (bicyclic) bond motifs is 7. The summed E-state index contributed by atoms with van der Waals surface area (Å²) in [4.78, 5) is 115. The van der Waals surface area contributed by atoms with Crippen LogP contribution in [0.25, 0.3) is 62.0 Å². The summed E-state index contributed by atoms with van der Waals surface area (Å²) in [6.45, 7) is 36.4. The number of hydrogen-bond acceptors (Lipinski definition) is 31. The van der Waals surface area contributed by atoms with Crippen molar-refractivity contribution in [3.63, 3.8) is 0 Å². The molecule has 7 N–H and O–H groups in total. The van der Waals surface area contributed by atoms with E-state index in [2.05, 4.69) is 66.0 Å². The Morgan fingerprint density at radius 2 is 0.830 bits per heavy atom. The highest BCUT2D eigenvalue weighted by molar-refractivity contribution is 9.10. The Kier molecular flexibility index (Phi) is 36.9. The van der Waals surface area contributed by atoms with Gasteiger partial charge in [0.15, 0.2) is 5.56 Å². The van der Waals surface area contributed by atoms with Crippen molar-refractivity contribution in [1.29, 1.82) is 0 Å². The maximum Gasteiger partial charge on any atom is 0.496 e. The minimum atomic E-state index is -1.35. The first-order chi connectivity index (χ1) is 68.8. The van der Waals surface area contributed by atoms with Gasteiger partial charge in [0.2, 0.25) is 0 Å². The summed E-state index contributed by atoms with van der Waals surface area (Å²) >= 11 is 13.9. The number of alkyl halides is 1. The number of aliphatic hydroxyl groups is 5. The van der Waals surface area contributed by atoms with E-state index >= 15 is 0 Å². The van der Waals surface area contributed by atoms with Crippen LogP contribution in [0.5, 0.6) is 0 Å². The summed E-state index contributed by atoms with van der Waals surface area (Å²) in [5, 5.41) is 79.0. The number of carboxylic acids is 1. The largest absolute Gasteiger partial charge is 0.496 e. The number of rotatable bonds is 14. The number of carbonyl (C=O) groups excluding carboxylic acids is 1. The Labute approximate surface area is 861 Å². The van der Waals surface area contributed by atoms with Crippen LogP contribution in [0.2, 0.25) is 5.15 Å². The van der Waals surface area contributed by atoms with Crippen LogP contribution in [0.15, 0.2) is 203 Å². The number of nitrogens with one attached hydrogen (secondary N) is 1. The molecule has 16 aromatic rings. The lowest BCUT2D eigenvalue weighted by atomic mass is 9.49. The number of aryl methyl sites for hydroxylation is 4. The fourth-order valence-corrected chi connectivity index (χ4v) is 15.7. The number of nitrogens with zero attached hydrogens (tertiary/aromatic N) is 19. The highest BCUT2D eigenvalue weighted by Gasteiger charge is 2.64. The van der Waals surface area contributed by atoms with E-state index in [4.69, 9.17) is 71.4 Å². The molecule has 0 atom stereocenters. The van der Waals surface area contributed by atoms with Gasteiger partial charge in [0.25, 0.3) is 16.7 Å². The van der Waals surface area contributed by atoms with Gasteiger partial charge in [0.1, 0.15) is 74.5 Å². The molecular formula is C97H108B4BrCl2F2N20O21. The summed E-state index contributed by atoms with van der Waals surface area (Å²) in [5.74, 6) is -3.10. The smallest absolute Gasteiger partial charge is 0.477 e. The molecule has 147 heavy (non-hydrogen) atoms. The molecule has 4 saturated heterocycles. The molecule has 769 valence electrons. The first-order valence-electron chi connectivity index (χ1n) is 45.5. The number of imidazole rings is 4. The standard InChI is InChI=1S/C21H22N6O2.C17H13FN4O2.C15H21BN2O3.C12H24B2O4.C9H9BrN2O.C8H4ClFN2O.C6H4N2O4.C6H6N2O3.C3H5ClO.B/c1-14-10-26-11-15(8-16(13-28)21(26)23-14)18-9-20(29)27-12-17(2-3-19(27)24-18)25-6-4-22-5-7-25;1-10-6-21-7-11(4-12(9-23)17(21)19-10)14-5-16(24)22-8-13(18)2-3-15(22)20-14;1-10-7-18-8-12(6-11(9-19)13(18)17-10)16-20-14(2,3)15(4,5)21-16;1-9(2)10(3,4)16-13(15-9)14-17-11(5,6)12(7,8)18-14;1-6-3-12-4-8(10)2-7(5-13)9(12)11-6;9-6-3-8(13)12-4-5(10)1-2-7(12)11-6;9-6(10)4-2-1-3-7-5(4)8(11)12;9-4-5-2-1-3-7-6(5)8(10)11;1-3(5)2-4;/h2-3,8-12,22,28H,4-7,13H2,1H3;2-8,23H,9H2,1H3;6-8,19H,9H2,1-5H3;1-8H3;2-4,13H,5H2,1H3;1-4H;1-3H,(H,9,10);1-3,9H,4H2;2H2,1H3;. The Hall–Kier alpha value is -13.4. The predicted molar refractivity (Wildman–Crippen MR) is 553 cm³/mol. The molecule has 0 aromatic carbocycles. The second kappa shape index (κ2) is 47.6. The summed E-state index contributed by atoms with van der Waals surface area (Å²) in [5.41, 5.74) is 11.9. The average molecular weight is 2120 g/mol. The molecule has 4 aliphatic heterocycles. The van der Waals surface area contributed by atoms with Crippen LogP contribution in [-0.4, -0.2) is 223 Å². The molecule has 3 radical (unpaired) electrons. The summed E-state index contributed by atoms with van der Waals surface area (Å²) < 4.78 is 74.3. The first-order valence-corrected chi connectivity index (χ1v) is 47.2. The van der Waals surface area contributed by atoms with Gasteiger partial charge in [0, 0.05) is 159 Å². The molecule has 0 unspecified atom stereocenters. The van der Waals surface area contributed by atoms with Gasteiger partial charge in [-0.25, -0.2) is 48.5 Å². The minimum Gasteiger partial charge on any atom is -0.477 e. The number of ketones is 1. The number of carboxylic acid groups (broad SMARTS) is 1. The predicted octanol–water partition coefficient (Wildman–Crippen LogP) is 11.8. The van der Waals surface area contributed by atoms with Gasteiger partial charge in [0.05, 0.1) is 118 Å². The van der Waals surface area contributed by atoms with Gasteiger partial charge in [-0.2, -0.15) is 0 Å². The molecule has 0 bridgehead atoms. The summed E-state index contributed by atoms with van der Waals surface area (Å²) in [6, 6.07) is 26.1. The minimum absolute atomic E-state index is 0. The van der Waals surface area contributed by atoms with Crippen LogP contribution in [0.3, 0.4) is 0 Å². The molecule has 4 aliphatic rings. The fraction of sp³-hybridized carbons (Fsp3) is 0.340. The normalized spacial score (nSPS) is 15.3. The van der Waals surface area contributed by atoms with E-state index in [1.54, 1.807) is 33.2 Å². The van der Waals surface area contributed by atoms with Crippen LogP contribution >= 0.6 is 39.1 Å². The van der Waals surface area contributed by atoms with Crippen molar-refractivity contribution in [1.82, 2.24) is 81.0 Å². The van der Waals surface area contributed by atoms with Gasteiger partial charge in [-0.3, -0.25) is 32.4 Å². The zero-order chi connectivity index (χ0) is 107. The maximum absolute atomic E-state index is 13.3. The van der Waals surface area contributed by atoms with E-state index in [-0.39, 0.29) is 114 Å². The van der Waals surface area contributed by atoms with Crippen LogP contribution in [0.4, 0.5) is 26.1 Å². The summed E-state index contributed by atoms with van der Waals surface area (Å²) in [7, 11) is -1.39. The number of Topliss-reactive ketones (excluding diaryl/α,β-unsaturated/α-hetero) is 1. The zero-order valence-corrected chi connectivity index (χ0v) is 86.5. The third-order valence-corrected chi connectivity index (χ3v) is 25.5. The molecule has 0 saturated carbocycles. The number of aliphatic hydroxyl groups excluding tert-OH is 5.